The number of carbonyl (C=O) groups excluding carboxylic acids is 2. The lowest BCUT2D eigenvalue weighted by atomic mass is 9.94. The minimum absolute atomic E-state index is 0.0155. The van der Waals surface area contributed by atoms with Gasteiger partial charge in [0, 0.05) is 31.8 Å². The maximum atomic E-state index is 13.0. The summed E-state index contributed by atoms with van der Waals surface area (Å²) in [7, 11) is 1.33. The Bertz CT molecular complexity index is 706. The molecule has 1 saturated heterocycles. The van der Waals surface area contributed by atoms with E-state index in [1.165, 1.54) is 19.2 Å². The minimum atomic E-state index is -0.447. The zero-order valence-corrected chi connectivity index (χ0v) is 14.1. The van der Waals surface area contributed by atoms with E-state index in [9.17, 15) is 19.7 Å². The predicted molar refractivity (Wildman–Crippen MR) is 90.5 cm³/mol. The second-order valence-electron chi connectivity index (χ2n) is 6.42. The molecule has 8 nitrogen and oxygen atoms in total. The SMILES string of the molecule is COC(=O)N1CCC[C@H](C(=O)N2CCCc3ccc([N+](=O)[O-])cc32)C1. The van der Waals surface area contributed by atoms with Crippen molar-refractivity contribution in [2.75, 3.05) is 31.6 Å². The number of rotatable bonds is 2. The number of aryl methyl sites for hydroxylation is 1. The Morgan fingerprint density at radius 2 is 2.08 bits per heavy atom. The summed E-state index contributed by atoms with van der Waals surface area (Å²) in [6.07, 6.45) is 2.64. The molecule has 3 rings (SSSR count). The largest absolute Gasteiger partial charge is 0.453 e. The highest BCUT2D eigenvalue weighted by Crippen LogP contribution is 2.33. The smallest absolute Gasteiger partial charge is 0.409 e. The lowest BCUT2D eigenvalue weighted by Gasteiger charge is -2.36. The number of fused-ring (bicyclic) bond motifs is 1. The highest BCUT2D eigenvalue weighted by molar-refractivity contribution is 5.97. The molecule has 0 aromatic heterocycles. The number of anilines is 1. The van der Waals surface area contributed by atoms with Gasteiger partial charge in [-0.25, -0.2) is 4.79 Å². The van der Waals surface area contributed by atoms with Crippen molar-refractivity contribution in [1.29, 1.82) is 0 Å². The third kappa shape index (κ3) is 3.42. The van der Waals surface area contributed by atoms with Crippen LogP contribution in [-0.2, 0) is 16.0 Å². The summed E-state index contributed by atoms with van der Waals surface area (Å²) in [6, 6.07) is 4.69. The molecule has 2 aliphatic heterocycles. The summed E-state index contributed by atoms with van der Waals surface area (Å²) in [5.41, 5.74) is 1.56. The number of piperidine rings is 1. The van der Waals surface area contributed by atoms with Gasteiger partial charge in [-0.2, -0.15) is 0 Å². The Balaban J connectivity index is 1.83. The van der Waals surface area contributed by atoms with Crippen molar-refractivity contribution in [3.8, 4) is 0 Å². The molecule has 25 heavy (non-hydrogen) atoms. The molecule has 0 aliphatic carbocycles. The molecule has 0 unspecified atom stereocenters. The first-order valence-corrected chi connectivity index (χ1v) is 8.43. The van der Waals surface area contributed by atoms with Crippen LogP contribution in [0.2, 0.25) is 0 Å². The van der Waals surface area contributed by atoms with Crippen molar-refractivity contribution in [1.82, 2.24) is 4.90 Å². The number of nitro groups is 1. The van der Waals surface area contributed by atoms with Crippen molar-refractivity contribution in [2.24, 2.45) is 5.92 Å². The van der Waals surface area contributed by atoms with E-state index in [2.05, 4.69) is 0 Å². The molecule has 8 heteroatoms. The monoisotopic (exact) mass is 347 g/mol. The normalized spacial score (nSPS) is 20.0. The molecule has 0 N–H and O–H groups in total. The van der Waals surface area contributed by atoms with Gasteiger partial charge in [0.25, 0.3) is 5.69 Å². The number of hydrogen-bond donors (Lipinski definition) is 0. The van der Waals surface area contributed by atoms with Gasteiger partial charge in [-0.05, 0) is 31.2 Å². The van der Waals surface area contributed by atoms with Crippen LogP contribution in [-0.4, -0.2) is 48.6 Å². The van der Waals surface area contributed by atoms with Gasteiger partial charge in [0.05, 0.1) is 23.6 Å². The number of benzene rings is 1. The molecule has 0 spiro atoms. The third-order valence-corrected chi connectivity index (χ3v) is 4.87. The average molecular weight is 347 g/mol. The zero-order chi connectivity index (χ0) is 18.0. The van der Waals surface area contributed by atoms with Gasteiger partial charge in [-0.1, -0.05) is 6.07 Å². The van der Waals surface area contributed by atoms with Crippen LogP contribution >= 0.6 is 0 Å². The molecule has 1 aromatic carbocycles. The lowest BCUT2D eigenvalue weighted by Crippen LogP contribution is -2.48. The fourth-order valence-corrected chi connectivity index (χ4v) is 3.60. The van der Waals surface area contributed by atoms with E-state index in [0.717, 1.165) is 24.8 Å². The van der Waals surface area contributed by atoms with Crippen LogP contribution in [0.4, 0.5) is 16.2 Å². The Morgan fingerprint density at radius 3 is 2.80 bits per heavy atom. The Hall–Kier alpha value is -2.64. The van der Waals surface area contributed by atoms with Crippen molar-refractivity contribution < 1.29 is 19.2 Å². The van der Waals surface area contributed by atoms with Gasteiger partial charge in [0.15, 0.2) is 0 Å². The molecule has 1 aromatic rings. The fraction of sp³-hybridized carbons (Fsp3) is 0.529. The molecule has 0 bridgehead atoms. The van der Waals surface area contributed by atoms with Gasteiger partial charge < -0.3 is 14.5 Å². The van der Waals surface area contributed by atoms with Gasteiger partial charge in [-0.3, -0.25) is 14.9 Å². The third-order valence-electron chi connectivity index (χ3n) is 4.87. The summed E-state index contributed by atoms with van der Waals surface area (Å²) in [6.45, 7) is 1.45. The van der Waals surface area contributed by atoms with Crippen LogP contribution in [0, 0.1) is 16.0 Å². The standard InChI is InChI=1S/C17H21N3O5/c1-25-17(22)18-8-2-5-13(11-18)16(21)19-9-3-4-12-6-7-14(20(23)24)10-15(12)19/h6-7,10,13H,2-5,8-9,11H2,1H3/t13-/m0/s1. The number of non-ortho nitro benzene ring substituents is 1. The van der Waals surface area contributed by atoms with Crippen LogP contribution in [0.25, 0.3) is 0 Å². The summed E-state index contributed by atoms with van der Waals surface area (Å²) >= 11 is 0. The molecule has 1 atom stereocenters. The summed E-state index contributed by atoms with van der Waals surface area (Å²) < 4.78 is 4.75. The highest BCUT2D eigenvalue weighted by Gasteiger charge is 2.34. The first-order chi connectivity index (χ1) is 12.0. The van der Waals surface area contributed by atoms with Gasteiger partial charge >= 0.3 is 6.09 Å². The second kappa shape index (κ2) is 7.08. The van der Waals surface area contributed by atoms with E-state index >= 15 is 0 Å². The predicted octanol–water partition coefficient (Wildman–Crippen LogP) is 2.35. The van der Waals surface area contributed by atoms with E-state index in [1.807, 2.05) is 0 Å². The topological polar surface area (TPSA) is 93.0 Å². The summed E-state index contributed by atoms with van der Waals surface area (Å²) in [5, 5.41) is 11.1. The zero-order valence-electron chi connectivity index (χ0n) is 14.1. The number of carbonyl (C=O) groups is 2. The molecule has 134 valence electrons. The van der Waals surface area contributed by atoms with E-state index in [1.54, 1.807) is 15.9 Å². The maximum Gasteiger partial charge on any atom is 0.409 e. The molecular formula is C17H21N3O5. The fourth-order valence-electron chi connectivity index (χ4n) is 3.60. The molecule has 1 fully saturated rings. The van der Waals surface area contributed by atoms with Crippen LogP contribution in [0.3, 0.4) is 0 Å². The van der Waals surface area contributed by atoms with Gasteiger partial charge in [0.1, 0.15) is 0 Å². The first kappa shape index (κ1) is 17.2. The molecule has 0 radical (unpaired) electrons. The number of nitro benzene ring substituents is 1. The lowest BCUT2D eigenvalue weighted by molar-refractivity contribution is -0.384. The molecule has 2 aliphatic rings. The molecule has 0 saturated carbocycles. The highest BCUT2D eigenvalue weighted by atomic mass is 16.6. The maximum absolute atomic E-state index is 13.0. The van der Waals surface area contributed by atoms with E-state index in [-0.39, 0.29) is 17.5 Å². The quantitative estimate of drug-likeness (QED) is 0.605. The molecule has 2 heterocycles. The average Bonchev–Trinajstić information content (AvgIpc) is 2.65. The van der Waals surface area contributed by atoms with Crippen LogP contribution < -0.4 is 4.90 Å². The minimum Gasteiger partial charge on any atom is -0.453 e. The first-order valence-electron chi connectivity index (χ1n) is 8.43. The number of likely N-dealkylation sites (tertiary alicyclic amines) is 1. The molecule has 2 amide bonds. The summed E-state index contributed by atoms with van der Waals surface area (Å²) in [5.74, 6) is -0.381. The van der Waals surface area contributed by atoms with Crippen LogP contribution in [0.5, 0.6) is 0 Å². The van der Waals surface area contributed by atoms with Crippen molar-refractivity contribution >= 4 is 23.4 Å². The van der Waals surface area contributed by atoms with Crippen LogP contribution in [0.15, 0.2) is 18.2 Å². The van der Waals surface area contributed by atoms with E-state index in [4.69, 9.17) is 4.74 Å². The van der Waals surface area contributed by atoms with Crippen molar-refractivity contribution in [3.63, 3.8) is 0 Å². The van der Waals surface area contributed by atoms with Crippen molar-refractivity contribution in [2.45, 2.75) is 25.7 Å². The number of nitrogens with zero attached hydrogens (tertiary/aromatic N) is 3. The number of amides is 2. The number of methoxy groups -OCH3 is 1. The number of hydrogen-bond acceptors (Lipinski definition) is 5. The molecular weight excluding hydrogens is 326 g/mol. The van der Waals surface area contributed by atoms with Gasteiger partial charge in [0.2, 0.25) is 5.91 Å². The van der Waals surface area contributed by atoms with Crippen molar-refractivity contribution in [3.05, 3.63) is 33.9 Å². The van der Waals surface area contributed by atoms with E-state index < -0.39 is 11.0 Å². The number of ether oxygens (including phenoxy) is 1. The van der Waals surface area contributed by atoms with Crippen LogP contribution in [0.1, 0.15) is 24.8 Å². The Kier molecular flexibility index (Phi) is 4.87. The Morgan fingerprint density at radius 1 is 1.28 bits per heavy atom. The second-order valence-corrected chi connectivity index (χ2v) is 6.42. The van der Waals surface area contributed by atoms with Gasteiger partial charge in [-0.15, -0.1) is 0 Å². The summed E-state index contributed by atoms with van der Waals surface area (Å²) in [4.78, 5) is 38.6. The van der Waals surface area contributed by atoms with E-state index in [0.29, 0.717) is 31.7 Å². The Labute approximate surface area is 145 Å².